The van der Waals surface area contributed by atoms with Gasteiger partial charge in [0, 0.05) is 29.4 Å². The van der Waals surface area contributed by atoms with Crippen LogP contribution in [0.4, 0.5) is 5.69 Å². The van der Waals surface area contributed by atoms with E-state index >= 15 is 0 Å². The molecule has 4 rings (SSSR count). The lowest BCUT2D eigenvalue weighted by Gasteiger charge is -2.17. The number of nitrogens with one attached hydrogen (secondary N) is 1. The Hall–Kier alpha value is -1.14. The van der Waals surface area contributed by atoms with Gasteiger partial charge in [0.2, 0.25) is 5.89 Å². The Bertz CT molecular complexity index is 585. The minimum absolute atomic E-state index is 0.120. The SMILES string of the molecule is c1ccc2c(c1)C[C@@H](c1nc(C3CSCCS3)no1)N2. The quantitative estimate of drug-likeness (QED) is 0.919. The van der Waals surface area contributed by atoms with E-state index in [2.05, 4.69) is 33.7 Å². The molecule has 1 aromatic carbocycles. The van der Waals surface area contributed by atoms with Crippen molar-refractivity contribution < 1.29 is 4.52 Å². The van der Waals surface area contributed by atoms with Gasteiger partial charge in [-0.05, 0) is 11.6 Å². The van der Waals surface area contributed by atoms with Crippen LogP contribution in [-0.2, 0) is 6.42 Å². The topological polar surface area (TPSA) is 51.0 Å². The molecule has 6 heteroatoms. The number of hydrogen-bond acceptors (Lipinski definition) is 6. The summed E-state index contributed by atoms with van der Waals surface area (Å²) in [6.07, 6.45) is 0.921. The van der Waals surface area contributed by atoms with Gasteiger partial charge < -0.3 is 9.84 Å². The van der Waals surface area contributed by atoms with Gasteiger partial charge >= 0.3 is 0 Å². The van der Waals surface area contributed by atoms with Gasteiger partial charge in [-0.25, -0.2) is 0 Å². The van der Waals surface area contributed by atoms with E-state index in [0.717, 1.165) is 18.0 Å². The number of aromatic nitrogens is 2. The minimum Gasteiger partial charge on any atom is -0.373 e. The maximum Gasteiger partial charge on any atom is 0.249 e. The van der Waals surface area contributed by atoms with E-state index in [1.54, 1.807) is 0 Å². The monoisotopic (exact) mass is 305 g/mol. The first-order valence-corrected chi connectivity index (χ1v) is 8.98. The first-order chi connectivity index (χ1) is 9.90. The molecule has 1 fully saturated rings. The van der Waals surface area contributed by atoms with E-state index < -0.39 is 0 Å². The zero-order valence-corrected chi connectivity index (χ0v) is 12.5. The van der Waals surface area contributed by atoms with Crippen molar-refractivity contribution >= 4 is 29.2 Å². The first kappa shape index (κ1) is 12.6. The number of benzene rings is 1. The number of nitrogens with zero attached hydrogens (tertiary/aromatic N) is 2. The Morgan fingerprint density at radius 1 is 1.25 bits per heavy atom. The molecule has 1 saturated heterocycles. The van der Waals surface area contributed by atoms with E-state index in [1.807, 2.05) is 29.6 Å². The molecule has 1 aromatic heterocycles. The van der Waals surface area contributed by atoms with Crippen molar-refractivity contribution in [3.63, 3.8) is 0 Å². The Morgan fingerprint density at radius 3 is 3.05 bits per heavy atom. The molecule has 4 nitrogen and oxygen atoms in total. The lowest BCUT2D eigenvalue weighted by Crippen LogP contribution is -2.09. The van der Waals surface area contributed by atoms with E-state index in [1.165, 1.54) is 22.8 Å². The van der Waals surface area contributed by atoms with E-state index in [9.17, 15) is 0 Å². The summed E-state index contributed by atoms with van der Waals surface area (Å²) >= 11 is 3.90. The van der Waals surface area contributed by atoms with E-state index in [4.69, 9.17) is 4.52 Å². The first-order valence-electron chi connectivity index (χ1n) is 6.77. The van der Waals surface area contributed by atoms with Crippen molar-refractivity contribution in [3.05, 3.63) is 41.5 Å². The third-order valence-electron chi connectivity index (χ3n) is 3.63. The Morgan fingerprint density at radius 2 is 2.20 bits per heavy atom. The number of anilines is 1. The van der Waals surface area contributed by atoms with Crippen molar-refractivity contribution in [3.8, 4) is 0 Å². The van der Waals surface area contributed by atoms with Crippen LogP contribution in [0.2, 0.25) is 0 Å². The molecule has 2 aliphatic heterocycles. The van der Waals surface area contributed by atoms with Crippen LogP contribution in [0, 0.1) is 0 Å². The summed E-state index contributed by atoms with van der Waals surface area (Å²) in [4.78, 5) is 4.62. The molecule has 1 N–H and O–H groups in total. The van der Waals surface area contributed by atoms with Gasteiger partial charge in [0.1, 0.15) is 6.04 Å². The number of para-hydroxylation sites is 1. The van der Waals surface area contributed by atoms with Crippen LogP contribution in [-0.4, -0.2) is 27.4 Å². The maximum absolute atomic E-state index is 5.49. The second-order valence-electron chi connectivity index (χ2n) is 4.98. The molecular formula is C14H15N3OS2. The fraction of sp³-hybridized carbons (Fsp3) is 0.429. The number of hydrogen-bond donors (Lipinski definition) is 1. The predicted molar refractivity (Wildman–Crippen MR) is 83.3 cm³/mol. The Balaban J connectivity index is 1.52. The fourth-order valence-electron chi connectivity index (χ4n) is 2.60. The molecule has 2 aliphatic rings. The smallest absolute Gasteiger partial charge is 0.249 e. The van der Waals surface area contributed by atoms with E-state index in [-0.39, 0.29) is 6.04 Å². The second kappa shape index (κ2) is 5.33. The lowest BCUT2D eigenvalue weighted by atomic mass is 10.1. The molecule has 2 atom stereocenters. The summed E-state index contributed by atoms with van der Waals surface area (Å²) in [6.45, 7) is 0. The molecule has 0 bridgehead atoms. The zero-order chi connectivity index (χ0) is 13.4. The van der Waals surface area contributed by atoms with Crippen molar-refractivity contribution in [2.75, 3.05) is 22.6 Å². The molecule has 0 amide bonds. The van der Waals surface area contributed by atoms with Crippen molar-refractivity contribution in [1.29, 1.82) is 0 Å². The molecule has 104 valence electrons. The third-order valence-corrected chi connectivity index (χ3v) is 6.38. The van der Waals surface area contributed by atoms with Crippen LogP contribution in [0.1, 0.15) is 28.6 Å². The fourth-order valence-corrected chi connectivity index (χ4v) is 5.19. The van der Waals surface area contributed by atoms with E-state index in [0.29, 0.717) is 11.1 Å². The van der Waals surface area contributed by atoms with Gasteiger partial charge in [0.15, 0.2) is 5.82 Å². The highest BCUT2D eigenvalue weighted by atomic mass is 32.2. The van der Waals surface area contributed by atoms with Crippen LogP contribution < -0.4 is 5.32 Å². The van der Waals surface area contributed by atoms with Crippen LogP contribution in [0.15, 0.2) is 28.8 Å². The zero-order valence-electron chi connectivity index (χ0n) is 10.9. The Labute approximate surface area is 126 Å². The molecule has 0 spiro atoms. The van der Waals surface area contributed by atoms with Crippen LogP contribution in [0.5, 0.6) is 0 Å². The summed E-state index contributed by atoms with van der Waals surface area (Å²) in [6, 6.07) is 8.48. The van der Waals surface area contributed by atoms with Crippen LogP contribution >= 0.6 is 23.5 Å². The summed E-state index contributed by atoms with van der Waals surface area (Å²) < 4.78 is 5.49. The van der Waals surface area contributed by atoms with Gasteiger partial charge in [-0.3, -0.25) is 0 Å². The second-order valence-corrected chi connectivity index (χ2v) is 7.44. The highest BCUT2D eigenvalue weighted by Crippen LogP contribution is 2.37. The lowest BCUT2D eigenvalue weighted by molar-refractivity contribution is 0.359. The summed E-state index contributed by atoms with van der Waals surface area (Å²) in [5.41, 5.74) is 2.50. The standard InChI is InChI=1S/C14H15N3OS2/c1-2-4-10-9(3-1)7-11(15-10)14-16-13(17-18-14)12-8-19-5-6-20-12/h1-4,11-12,15H,5-8H2/t11-,12?/m0/s1. The van der Waals surface area contributed by atoms with Gasteiger partial charge in [-0.15, -0.1) is 11.8 Å². The van der Waals surface area contributed by atoms with Crippen molar-refractivity contribution in [1.82, 2.24) is 10.1 Å². The summed E-state index contributed by atoms with van der Waals surface area (Å²) in [7, 11) is 0. The molecule has 0 aliphatic carbocycles. The largest absolute Gasteiger partial charge is 0.373 e. The number of rotatable bonds is 2. The van der Waals surface area contributed by atoms with Gasteiger partial charge in [-0.1, -0.05) is 23.4 Å². The minimum atomic E-state index is 0.120. The molecule has 2 aromatic rings. The molecular weight excluding hydrogens is 290 g/mol. The van der Waals surface area contributed by atoms with Crippen molar-refractivity contribution in [2.24, 2.45) is 0 Å². The van der Waals surface area contributed by atoms with Gasteiger partial charge in [-0.2, -0.15) is 16.7 Å². The number of fused-ring (bicyclic) bond motifs is 1. The Kier molecular flexibility index (Phi) is 3.36. The summed E-state index contributed by atoms with van der Waals surface area (Å²) in [5.74, 6) is 5.06. The third kappa shape index (κ3) is 2.31. The number of thioether (sulfide) groups is 2. The van der Waals surface area contributed by atoms with Gasteiger partial charge in [0.05, 0.1) is 5.25 Å². The molecule has 1 unspecified atom stereocenters. The molecule has 3 heterocycles. The van der Waals surface area contributed by atoms with Crippen LogP contribution in [0.25, 0.3) is 0 Å². The summed E-state index contributed by atoms with van der Waals surface area (Å²) in [5, 5.41) is 8.03. The molecule has 0 radical (unpaired) electrons. The molecule has 20 heavy (non-hydrogen) atoms. The highest BCUT2D eigenvalue weighted by Gasteiger charge is 2.28. The average molecular weight is 305 g/mol. The normalized spacial score (nSPS) is 25.2. The maximum atomic E-state index is 5.49. The van der Waals surface area contributed by atoms with Gasteiger partial charge in [0.25, 0.3) is 0 Å². The molecule has 0 saturated carbocycles. The van der Waals surface area contributed by atoms with Crippen LogP contribution in [0.3, 0.4) is 0 Å². The average Bonchev–Trinajstić information content (AvgIpc) is 3.14. The predicted octanol–water partition coefficient (Wildman–Crippen LogP) is 3.30. The van der Waals surface area contributed by atoms with Crippen molar-refractivity contribution in [2.45, 2.75) is 17.7 Å². The highest BCUT2D eigenvalue weighted by molar-refractivity contribution is 8.06.